The van der Waals surface area contributed by atoms with Crippen LogP contribution in [0.1, 0.15) is 27.8 Å². The highest BCUT2D eigenvalue weighted by Gasteiger charge is 2.46. The van der Waals surface area contributed by atoms with E-state index in [0.717, 1.165) is 0 Å². The van der Waals surface area contributed by atoms with E-state index in [-0.39, 0.29) is 5.41 Å². The minimum atomic E-state index is -0.366. The molecule has 6 aromatic rings. The van der Waals surface area contributed by atoms with Gasteiger partial charge in [0.1, 0.15) is 0 Å². The third-order valence-electron chi connectivity index (χ3n) is 7.97. The first-order valence-corrected chi connectivity index (χ1v) is 12.6. The lowest BCUT2D eigenvalue weighted by Gasteiger charge is -2.34. The summed E-state index contributed by atoms with van der Waals surface area (Å²) in [6.07, 6.45) is 0. The van der Waals surface area contributed by atoms with Crippen molar-refractivity contribution >= 4 is 10.8 Å². The van der Waals surface area contributed by atoms with Gasteiger partial charge in [-0.3, -0.25) is 0 Å². The summed E-state index contributed by atoms with van der Waals surface area (Å²) in [4.78, 5) is 0. The summed E-state index contributed by atoms with van der Waals surface area (Å²) >= 11 is 0. The Morgan fingerprint density at radius 2 is 1.00 bits per heavy atom. The number of rotatable bonds is 3. The maximum Gasteiger partial charge on any atom is 0.0713 e. The van der Waals surface area contributed by atoms with Crippen molar-refractivity contribution in [2.75, 3.05) is 0 Å². The van der Waals surface area contributed by atoms with E-state index in [1.54, 1.807) is 0 Å². The molecule has 7 rings (SSSR count). The molecule has 0 bridgehead atoms. The van der Waals surface area contributed by atoms with Crippen LogP contribution in [0.15, 0.2) is 140 Å². The minimum absolute atomic E-state index is 0.366. The van der Waals surface area contributed by atoms with Gasteiger partial charge in [-0.05, 0) is 67.8 Å². The Bertz CT molecular complexity index is 1690. The van der Waals surface area contributed by atoms with E-state index < -0.39 is 0 Å². The van der Waals surface area contributed by atoms with Crippen LogP contribution in [0.2, 0.25) is 0 Å². The molecule has 1 aliphatic rings. The highest BCUT2D eigenvalue weighted by atomic mass is 14.5. The van der Waals surface area contributed by atoms with Crippen molar-refractivity contribution in [2.45, 2.75) is 12.3 Å². The maximum atomic E-state index is 2.34. The molecule has 0 saturated heterocycles. The van der Waals surface area contributed by atoms with Crippen molar-refractivity contribution in [3.05, 3.63) is 167 Å². The van der Waals surface area contributed by atoms with Crippen LogP contribution in [-0.4, -0.2) is 0 Å². The fourth-order valence-electron chi connectivity index (χ4n) is 6.44. The van der Waals surface area contributed by atoms with Crippen molar-refractivity contribution in [3.63, 3.8) is 0 Å². The van der Waals surface area contributed by atoms with Gasteiger partial charge in [0.15, 0.2) is 0 Å². The zero-order valence-electron chi connectivity index (χ0n) is 20.3. The Morgan fingerprint density at radius 1 is 0.417 bits per heavy atom. The fraction of sp³-hybridized carbons (Fsp3) is 0.0556. The van der Waals surface area contributed by atoms with Gasteiger partial charge in [0.05, 0.1) is 5.41 Å². The molecule has 1 aliphatic carbocycles. The lowest BCUT2D eigenvalue weighted by atomic mass is 9.67. The maximum absolute atomic E-state index is 2.34. The van der Waals surface area contributed by atoms with E-state index in [9.17, 15) is 0 Å². The summed E-state index contributed by atoms with van der Waals surface area (Å²) < 4.78 is 0. The summed E-state index contributed by atoms with van der Waals surface area (Å²) in [5.74, 6) is 0. The van der Waals surface area contributed by atoms with Gasteiger partial charge in [-0.2, -0.15) is 0 Å². The largest absolute Gasteiger partial charge is 0.0713 e. The molecule has 36 heavy (non-hydrogen) atoms. The van der Waals surface area contributed by atoms with Gasteiger partial charge >= 0.3 is 0 Å². The van der Waals surface area contributed by atoms with Gasteiger partial charge in [0.25, 0.3) is 0 Å². The van der Waals surface area contributed by atoms with Crippen LogP contribution < -0.4 is 0 Å². The molecule has 0 fully saturated rings. The van der Waals surface area contributed by atoms with Crippen LogP contribution in [-0.2, 0) is 5.41 Å². The predicted molar refractivity (Wildman–Crippen MR) is 151 cm³/mol. The first-order chi connectivity index (χ1) is 17.8. The van der Waals surface area contributed by atoms with Gasteiger partial charge in [-0.25, -0.2) is 0 Å². The van der Waals surface area contributed by atoms with Gasteiger partial charge in [0.2, 0.25) is 0 Å². The number of fused-ring (bicyclic) bond motifs is 4. The predicted octanol–water partition coefficient (Wildman–Crippen LogP) is 9.18. The first-order valence-electron chi connectivity index (χ1n) is 12.6. The molecule has 0 heterocycles. The molecule has 0 amide bonds. The molecule has 0 radical (unpaired) electrons. The summed E-state index contributed by atoms with van der Waals surface area (Å²) in [6, 6.07) is 51.2. The summed E-state index contributed by atoms with van der Waals surface area (Å²) in [5, 5.41) is 2.60. The average Bonchev–Trinajstić information content (AvgIpc) is 3.26. The SMILES string of the molecule is Cc1c(-c2cccc3c2-c2ccccc2C3(c2ccccc2)c2ccccc2)ccc2ccccc12. The highest BCUT2D eigenvalue weighted by Crippen LogP contribution is 2.58. The van der Waals surface area contributed by atoms with E-state index in [1.165, 1.54) is 60.8 Å². The number of benzene rings is 6. The lowest BCUT2D eigenvalue weighted by Crippen LogP contribution is -2.28. The van der Waals surface area contributed by atoms with Crippen molar-refractivity contribution in [1.29, 1.82) is 0 Å². The topological polar surface area (TPSA) is 0 Å². The molecule has 170 valence electrons. The zero-order valence-corrected chi connectivity index (χ0v) is 20.3. The Labute approximate surface area is 212 Å². The third kappa shape index (κ3) is 2.82. The first kappa shape index (κ1) is 20.9. The number of hydrogen-bond donors (Lipinski definition) is 0. The summed E-state index contributed by atoms with van der Waals surface area (Å²) in [5.41, 5.74) is 11.5. The second-order valence-electron chi connectivity index (χ2n) is 9.72. The van der Waals surface area contributed by atoms with Crippen LogP contribution in [0.3, 0.4) is 0 Å². The minimum Gasteiger partial charge on any atom is -0.0622 e. The summed E-state index contributed by atoms with van der Waals surface area (Å²) in [6.45, 7) is 2.26. The van der Waals surface area contributed by atoms with E-state index in [1.807, 2.05) is 0 Å². The Balaban J connectivity index is 1.62. The Morgan fingerprint density at radius 3 is 1.75 bits per heavy atom. The van der Waals surface area contributed by atoms with E-state index in [0.29, 0.717) is 0 Å². The third-order valence-corrected chi connectivity index (χ3v) is 7.97. The number of hydrogen-bond acceptors (Lipinski definition) is 0. The molecule has 0 N–H and O–H groups in total. The van der Waals surface area contributed by atoms with Crippen LogP contribution in [0, 0.1) is 6.92 Å². The molecule has 0 aromatic heterocycles. The van der Waals surface area contributed by atoms with E-state index in [4.69, 9.17) is 0 Å². The molecule has 0 aliphatic heterocycles. The smallest absolute Gasteiger partial charge is 0.0622 e. The molecule has 0 spiro atoms. The van der Waals surface area contributed by atoms with Gasteiger partial charge in [0, 0.05) is 0 Å². The zero-order chi connectivity index (χ0) is 24.1. The Kier molecular flexibility index (Phi) is 4.69. The van der Waals surface area contributed by atoms with Crippen molar-refractivity contribution in [1.82, 2.24) is 0 Å². The van der Waals surface area contributed by atoms with Crippen LogP contribution in [0.5, 0.6) is 0 Å². The van der Waals surface area contributed by atoms with Gasteiger partial charge < -0.3 is 0 Å². The standard InChI is InChI=1S/C36H26/c1-25-29-18-9-8-13-26(29)23-24-30(25)31-20-12-22-34-35(31)32-19-10-11-21-33(32)36(34,27-14-4-2-5-15-27)28-16-6-3-7-17-28/h2-24H,1H3. The van der Waals surface area contributed by atoms with Crippen molar-refractivity contribution in [3.8, 4) is 22.3 Å². The second-order valence-corrected chi connectivity index (χ2v) is 9.72. The van der Waals surface area contributed by atoms with E-state index in [2.05, 4.69) is 146 Å². The molecular weight excluding hydrogens is 432 g/mol. The molecule has 0 heteroatoms. The molecule has 0 nitrogen and oxygen atoms in total. The van der Waals surface area contributed by atoms with Crippen LogP contribution in [0.25, 0.3) is 33.0 Å². The number of aryl methyl sites for hydroxylation is 1. The lowest BCUT2D eigenvalue weighted by molar-refractivity contribution is 0.768. The van der Waals surface area contributed by atoms with E-state index >= 15 is 0 Å². The average molecular weight is 459 g/mol. The van der Waals surface area contributed by atoms with Crippen LogP contribution in [0.4, 0.5) is 0 Å². The Hall–Kier alpha value is -4.42. The molecule has 0 atom stereocenters. The van der Waals surface area contributed by atoms with Gasteiger partial charge in [-0.15, -0.1) is 0 Å². The van der Waals surface area contributed by atoms with Crippen LogP contribution >= 0.6 is 0 Å². The molecular formula is C36H26. The van der Waals surface area contributed by atoms with Gasteiger partial charge in [-0.1, -0.05) is 140 Å². The summed E-state index contributed by atoms with van der Waals surface area (Å²) in [7, 11) is 0. The quantitative estimate of drug-likeness (QED) is 0.248. The molecule has 0 saturated carbocycles. The molecule has 0 unspecified atom stereocenters. The monoisotopic (exact) mass is 458 g/mol. The molecule has 6 aromatic carbocycles. The van der Waals surface area contributed by atoms with Crippen molar-refractivity contribution in [2.24, 2.45) is 0 Å². The normalized spacial score (nSPS) is 13.4. The fourth-order valence-corrected chi connectivity index (χ4v) is 6.44. The highest BCUT2D eigenvalue weighted by molar-refractivity contribution is 5.99. The van der Waals surface area contributed by atoms with Crippen molar-refractivity contribution < 1.29 is 0 Å². The second kappa shape index (κ2) is 8.07.